The molecule has 1 aromatic carbocycles. The van der Waals surface area contributed by atoms with Crippen molar-refractivity contribution in [2.24, 2.45) is 0 Å². The number of fused-ring (bicyclic) bond motifs is 1. The lowest BCUT2D eigenvalue weighted by Gasteiger charge is -2.10. The van der Waals surface area contributed by atoms with Crippen LogP contribution in [0.3, 0.4) is 0 Å². The number of alkyl halides is 1. The van der Waals surface area contributed by atoms with Crippen LogP contribution in [0.5, 0.6) is 5.75 Å². The lowest BCUT2D eigenvalue weighted by molar-refractivity contribution is 0.307. The quantitative estimate of drug-likeness (QED) is 0.437. The van der Waals surface area contributed by atoms with E-state index in [1.54, 1.807) is 0 Å². The summed E-state index contributed by atoms with van der Waals surface area (Å²) < 4.78 is 5.97. The van der Waals surface area contributed by atoms with Gasteiger partial charge in [0.05, 0.1) is 23.7 Å². The maximum atomic E-state index is 5.97. The molecule has 0 fully saturated rings. The van der Waals surface area contributed by atoms with Crippen molar-refractivity contribution in [2.75, 3.05) is 6.61 Å². The van der Waals surface area contributed by atoms with Crippen LogP contribution < -0.4 is 4.74 Å². The van der Waals surface area contributed by atoms with Gasteiger partial charge in [0.25, 0.3) is 0 Å². The Balaban J connectivity index is 1.91. The zero-order valence-electron chi connectivity index (χ0n) is 12.8. The molecule has 0 bridgehead atoms. The molecule has 2 aromatic rings. The number of halogens is 1. The fourth-order valence-corrected chi connectivity index (χ4v) is 2.58. The topological polar surface area (TPSA) is 22.1 Å². The summed E-state index contributed by atoms with van der Waals surface area (Å²) in [6, 6.07) is 10.0. The van der Waals surface area contributed by atoms with Crippen LogP contribution >= 0.6 is 11.6 Å². The molecular formula is C18H24ClNO. The number of rotatable bonds is 9. The Morgan fingerprint density at radius 1 is 1.05 bits per heavy atom. The molecule has 0 saturated carbocycles. The SMILES string of the molecule is CCCCCCCCOc1cc(CCl)nc2ccccc12. The Morgan fingerprint density at radius 2 is 1.81 bits per heavy atom. The zero-order valence-corrected chi connectivity index (χ0v) is 13.5. The van der Waals surface area contributed by atoms with E-state index in [1.165, 1.54) is 32.1 Å². The van der Waals surface area contributed by atoms with Crippen LogP contribution in [0.2, 0.25) is 0 Å². The van der Waals surface area contributed by atoms with E-state index in [0.29, 0.717) is 5.88 Å². The highest BCUT2D eigenvalue weighted by Gasteiger charge is 2.06. The number of aromatic nitrogens is 1. The van der Waals surface area contributed by atoms with Crippen molar-refractivity contribution < 1.29 is 4.74 Å². The molecule has 2 nitrogen and oxygen atoms in total. The maximum absolute atomic E-state index is 5.97. The predicted octanol–water partition coefficient (Wildman–Crippen LogP) is 5.71. The standard InChI is InChI=1S/C18H24ClNO/c1-2-3-4-5-6-9-12-21-18-13-15(14-19)20-17-11-8-7-10-16(17)18/h7-8,10-11,13H,2-6,9,12,14H2,1H3. The summed E-state index contributed by atoms with van der Waals surface area (Å²) in [5.41, 5.74) is 1.82. The number of pyridine rings is 1. The van der Waals surface area contributed by atoms with Gasteiger partial charge in [-0.25, -0.2) is 0 Å². The molecule has 114 valence electrons. The summed E-state index contributed by atoms with van der Waals surface area (Å²) in [6.45, 7) is 3.01. The summed E-state index contributed by atoms with van der Waals surface area (Å²) in [7, 11) is 0. The minimum atomic E-state index is 0.415. The number of benzene rings is 1. The van der Waals surface area contributed by atoms with Crippen LogP contribution in [0.4, 0.5) is 0 Å². The third kappa shape index (κ3) is 4.89. The summed E-state index contributed by atoms with van der Waals surface area (Å²) in [5, 5.41) is 1.07. The largest absolute Gasteiger partial charge is 0.493 e. The number of hydrogen-bond acceptors (Lipinski definition) is 2. The minimum absolute atomic E-state index is 0.415. The van der Waals surface area contributed by atoms with Crippen LogP contribution in [0.25, 0.3) is 10.9 Å². The van der Waals surface area contributed by atoms with Gasteiger partial charge in [0, 0.05) is 11.5 Å². The first-order chi connectivity index (χ1) is 10.3. The summed E-state index contributed by atoms with van der Waals surface area (Å²) in [4.78, 5) is 4.52. The molecule has 0 aliphatic heterocycles. The fourth-order valence-electron chi connectivity index (χ4n) is 2.45. The molecule has 3 heteroatoms. The second-order valence-electron chi connectivity index (χ2n) is 5.38. The third-order valence-corrected chi connectivity index (χ3v) is 3.90. The van der Waals surface area contributed by atoms with Crippen LogP contribution in [-0.2, 0) is 5.88 Å². The monoisotopic (exact) mass is 305 g/mol. The van der Waals surface area contributed by atoms with Crippen molar-refractivity contribution in [2.45, 2.75) is 51.3 Å². The molecular weight excluding hydrogens is 282 g/mol. The number of para-hydroxylation sites is 1. The normalized spacial score (nSPS) is 11.0. The van der Waals surface area contributed by atoms with E-state index in [1.807, 2.05) is 24.3 Å². The lowest BCUT2D eigenvalue weighted by atomic mass is 10.1. The van der Waals surface area contributed by atoms with Crippen LogP contribution in [-0.4, -0.2) is 11.6 Å². The fraction of sp³-hybridized carbons (Fsp3) is 0.500. The van der Waals surface area contributed by atoms with Crippen LogP contribution in [0, 0.1) is 0 Å². The highest BCUT2D eigenvalue weighted by molar-refractivity contribution is 6.17. The minimum Gasteiger partial charge on any atom is -0.493 e. The number of hydrogen-bond donors (Lipinski definition) is 0. The lowest BCUT2D eigenvalue weighted by Crippen LogP contribution is -2.00. The highest BCUT2D eigenvalue weighted by Crippen LogP contribution is 2.26. The van der Waals surface area contributed by atoms with Gasteiger partial charge in [-0.2, -0.15) is 0 Å². The van der Waals surface area contributed by atoms with Gasteiger partial charge in [0.15, 0.2) is 0 Å². The highest BCUT2D eigenvalue weighted by atomic mass is 35.5. The van der Waals surface area contributed by atoms with Crippen molar-refractivity contribution >= 4 is 22.5 Å². The molecule has 0 atom stereocenters. The number of unbranched alkanes of at least 4 members (excludes halogenated alkanes) is 5. The Kier molecular flexibility index (Phi) is 6.81. The third-order valence-electron chi connectivity index (χ3n) is 3.62. The van der Waals surface area contributed by atoms with E-state index < -0.39 is 0 Å². The van der Waals surface area contributed by atoms with Gasteiger partial charge in [-0.1, -0.05) is 51.2 Å². The second kappa shape index (κ2) is 8.89. The molecule has 2 rings (SSSR count). The van der Waals surface area contributed by atoms with Gasteiger partial charge in [-0.3, -0.25) is 4.98 Å². The Morgan fingerprint density at radius 3 is 2.62 bits per heavy atom. The number of ether oxygens (including phenoxy) is 1. The van der Waals surface area contributed by atoms with Gasteiger partial charge in [0.2, 0.25) is 0 Å². The first-order valence-electron chi connectivity index (χ1n) is 7.92. The summed E-state index contributed by atoms with van der Waals surface area (Å²) in [6.07, 6.45) is 7.63. The van der Waals surface area contributed by atoms with Crippen molar-refractivity contribution in [1.82, 2.24) is 4.98 Å². The molecule has 0 aliphatic carbocycles. The molecule has 0 N–H and O–H groups in total. The molecule has 1 aromatic heterocycles. The van der Waals surface area contributed by atoms with E-state index >= 15 is 0 Å². The van der Waals surface area contributed by atoms with Gasteiger partial charge in [-0.05, 0) is 18.6 Å². The smallest absolute Gasteiger partial charge is 0.130 e. The molecule has 0 spiro atoms. The maximum Gasteiger partial charge on any atom is 0.130 e. The molecule has 0 amide bonds. The first-order valence-corrected chi connectivity index (χ1v) is 8.46. The van der Waals surface area contributed by atoms with Gasteiger partial charge in [-0.15, -0.1) is 11.6 Å². The summed E-state index contributed by atoms with van der Waals surface area (Å²) in [5.74, 6) is 1.32. The zero-order chi connectivity index (χ0) is 14.9. The average molecular weight is 306 g/mol. The van der Waals surface area contributed by atoms with Crippen molar-refractivity contribution in [3.63, 3.8) is 0 Å². The van der Waals surface area contributed by atoms with Crippen molar-refractivity contribution in [3.05, 3.63) is 36.0 Å². The Bertz CT molecular complexity index is 556. The molecule has 1 heterocycles. The first kappa shape index (κ1) is 16.1. The predicted molar refractivity (Wildman–Crippen MR) is 90.2 cm³/mol. The molecule has 21 heavy (non-hydrogen) atoms. The van der Waals surface area contributed by atoms with Gasteiger partial charge < -0.3 is 4.74 Å². The average Bonchev–Trinajstić information content (AvgIpc) is 2.53. The van der Waals surface area contributed by atoms with E-state index in [2.05, 4.69) is 18.0 Å². The van der Waals surface area contributed by atoms with E-state index in [4.69, 9.17) is 16.3 Å². The van der Waals surface area contributed by atoms with E-state index in [0.717, 1.165) is 35.4 Å². The van der Waals surface area contributed by atoms with E-state index in [-0.39, 0.29) is 0 Å². The van der Waals surface area contributed by atoms with Crippen molar-refractivity contribution in [1.29, 1.82) is 0 Å². The Labute approximate surface area is 132 Å². The van der Waals surface area contributed by atoms with E-state index in [9.17, 15) is 0 Å². The molecule has 0 aliphatic rings. The van der Waals surface area contributed by atoms with Gasteiger partial charge in [0.1, 0.15) is 5.75 Å². The van der Waals surface area contributed by atoms with Crippen LogP contribution in [0.15, 0.2) is 30.3 Å². The number of nitrogens with zero attached hydrogens (tertiary/aromatic N) is 1. The van der Waals surface area contributed by atoms with Crippen LogP contribution in [0.1, 0.15) is 51.1 Å². The molecule has 0 saturated heterocycles. The molecule has 0 unspecified atom stereocenters. The summed E-state index contributed by atoms with van der Waals surface area (Å²) >= 11 is 5.91. The van der Waals surface area contributed by atoms with Crippen molar-refractivity contribution in [3.8, 4) is 5.75 Å². The second-order valence-corrected chi connectivity index (χ2v) is 5.65. The Hall–Kier alpha value is -1.28. The van der Waals surface area contributed by atoms with Gasteiger partial charge >= 0.3 is 0 Å². The molecule has 0 radical (unpaired) electrons.